The van der Waals surface area contributed by atoms with E-state index in [1.54, 1.807) is 25.1 Å². The van der Waals surface area contributed by atoms with E-state index in [4.69, 9.17) is 29.2 Å². The minimum absolute atomic E-state index is 0.0119. The van der Waals surface area contributed by atoms with Gasteiger partial charge in [0.2, 0.25) is 0 Å². The molecular weight excluding hydrogens is 554 g/mol. The first-order chi connectivity index (χ1) is 21.2. The van der Waals surface area contributed by atoms with Crippen LogP contribution in [0.1, 0.15) is 55.4 Å². The molecule has 0 bridgehead atoms. The molecule has 0 spiro atoms. The third-order valence-corrected chi connectivity index (χ3v) is 7.08. The van der Waals surface area contributed by atoms with E-state index in [0.717, 1.165) is 46.2 Å². The van der Waals surface area contributed by atoms with Crippen molar-refractivity contribution in [3.63, 3.8) is 0 Å². The highest BCUT2D eigenvalue weighted by Crippen LogP contribution is 2.34. The van der Waals surface area contributed by atoms with Crippen molar-refractivity contribution in [1.82, 2.24) is 15.0 Å². The number of rotatable bonds is 13. The smallest absolute Gasteiger partial charge is 0.336 e. The Hall–Kier alpha value is -4.72. The van der Waals surface area contributed by atoms with Crippen LogP contribution in [0.25, 0.3) is 34.2 Å². The van der Waals surface area contributed by atoms with Gasteiger partial charge >= 0.3 is 5.97 Å². The number of unbranched alkanes of at least 4 members (excludes halogenated alkanes) is 1. The highest BCUT2D eigenvalue weighted by Gasteiger charge is 2.17. The number of hydrogen-bond acceptors (Lipinski definition) is 8. The van der Waals surface area contributed by atoms with Crippen LogP contribution in [0, 0.1) is 27.7 Å². The second-order valence-electron chi connectivity index (χ2n) is 11.0. The Morgan fingerprint density at radius 3 is 1.86 bits per heavy atom. The molecule has 4 aromatic rings. The van der Waals surface area contributed by atoms with Gasteiger partial charge in [0.1, 0.15) is 11.5 Å². The van der Waals surface area contributed by atoms with Gasteiger partial charge in [0.05, 0.1) is 37.2 Å². The third-order valence-electron chi connectivity index (χ3n) is 7.08. The number of carbonyl (C=O) groups is 1. The van der Waals surface area contributed by atoms with Gasteiger partial charge in [-0.2, -0.15) is 0 Å². The fraction of sp³-hybridized carbons (Fsp3) is 0.333. The van der Waals surface area contributed by atoms with Crippen LogP contribution in [0.4, 0.5) is 0 Å². The molecule has 0 fully saturated rings. The summed E-state index contributed by atoms with van der Waals surface area (Å²) in [7, 11) is 0. The third kappa shape index (κ3) is 8.43. The van der Waals surface area contributed by atoms with Crippen LogP contribution in [-0.4, -0.2) is 45.8 Å². The lowest BCUT2D eigenvalue weighted by atomic mass is 10.0. The Balaban J connectivity index is 1.49. The first kappa shape index (κ1) is 32.2. The number of aromatic nitrogens is 3. The first-order valence-corrected chi connectivity index (χ1v) is 15.0. The van der Waals surface area contributed by atoms with E-state index in [1.165, 1.54) is 6.26 Å². The van der Waals surface area contributed by atoms with Crippen molar-refractivity contribution >= 4 is 5.97 Å². The lowest BCUT2D eigenvalue weighted by molar-refractivity contribution is -0.139. The van der Waals surface area contributed by atoms with Gasteiger partial charge in [-0.25, -0.2) is 19.7 Å². The average Bonchev–Trinajstić information content (AvgIpc) is 2.98. The summed E-state index contributed by atoms with van der Waals surface area (Å²) in [5.41, 5.74) is 7.11. The lowest BCUT2D eigenvalue weighted by Gasteiger charge is -2.13. The standard InChI is InChI=1S/C36H41N3O5/c1-7-8-16-42-22-27(6)36(41)44-18-9-17-43-28-12-15-31(32(40)21-28)35-38-33(29-13-10-23(2)19-25(29)4)37-34(39-35)30-14-11-24(3)20-26(30)5/h10-15,19-22,40H,7-9,16-18H2,1-6H3. The summed E-state index contributed by atoms with van der Waals surface area (Å²) >= 11 is 0. The first-order valence-electron chi connectivity index (χ1n) is 15.0. The molecule has 4 rings (SSSR count). The zero-order valence-corrected chi connectivity index (χ0v) is 26.4. The van der Waals surface area contributed by atoms with Crippen LogP contribution in [0.2, 0.25) is 0 Å². The summed E-state index contributed by atoms with van der Waals surface area (Å²) < 4.78 is 16.4. The zero-order valence-electron chi connectivity index (χ0n) is 26.4. The monoisotopic (exact) mass is 595 g/mol. The second kappa shape index (κ2) is 15.1. The Morgan fingerprint density at radius 1 is 0.750 bits per heavy atom. The Labute approximate surface area is 259 Å². The molecule has 0 unspecified atom stereocenters. The fourth-order valence-corrected chi connectivity index (χ4v) is 4.64. The summed E-state index contributed by atoms with van der Waals surface area (Å²) in [5.74, 6) is 1.49. The van der Waals surface area contributed by atoms with Crippen molar-refractivity contribution in [2.75, 3.05) is 19.8 Å². The van der Waals surface area contributed by atoms with Gasteiger partial charge in [0, 0.05) is 23.6 Å². The minimum Gasteiger partial charge on any atom is -0.507 e. The number of aryl methyl sites for hydroxylation is 4. The maximum atomic E-state index is 12.1. The van der Waals surface area contributed by atoms with Crippen LogP contribution < -0.4 is 4.74 Å². The molecule has 8 nitrogen and oxygen atoms in total. The van der Waals surface area contributed by atoms with E-state index >= 15 is 0 Å². The Bertz CT molecular complexity index is 1580. The summed E-state index contributed by atoms with van der Waals surface area (Å²) in [6.45, 7) is 13.0. The molecule has 3 aromatic carbocycles. The van der Waals surface area contributed by atoms with E-state index in [9.17, 15) is 9.90 Å². The zero-order chi connectivity index (χ0) is 31.6. The molecule has 0 aliphatic carbocycles. The second-order valence-corrected chi connectivity index (χ2v) is 11.0. The molecule has 8 heteroatoms. The topological polar surface area (TPSA) is 104 Å². The summed E-state index contributed by atoms with van der Waals surface area (Å²) in [5, 5.41) is 11.0. The molecule has 0 aliphatic rings. The molecule has 0 saturated carbocycles. The number of hydrogen-bond donors (Lipinski definition) is 1. The van der Waals surface area contributed by atoms with E-state index < -0.39 is 5.97 Å². The van der Waals surface area contributed by atoms with Crippen LogP contribution in [0.15, 0.2) is 66.4 Å². The summed E-state index contributed by atoms with van der Waals surface area (Å²) in [6.07, 6.45) is 3.90. The van der Waals surface area contributed by atoms with Gasteiger partial charge in [0.15, 0.2) is 17.5 Å². The van der Waals surface area contributed by atoms with Crippen molar-refractivity contribution < 1.29 is 24.1 Å². The summed E-state index contributed by atoms with van der Waals surface area (Å²) in [4.78, 5) is 26.5. The molecular formula is C36H41N3O5. The van der Waals surface area contributed by atoms with Gasteiger partial charge in [-0.1, -0.05) is 60.9 Å². The quantitative estimate of drug-likeness (QED) is 0.0721. The largest absolute Gasteiger partial charge is 0.507 e. The molecule has 44 heavy (non-hydrogen) atoms. The number of phenols is 1. The lowest BCUT2D eigenvalue weighted by Crippen LogP contribution is -2.10. The minimum atomic E-state index is -0.416. The maximum Gasteiger partial charge on any atom is 0.336 e. The van der Waals surface area contributed by atoms with Gasteiger partial charge in [-0.3, -0.25) is 0 Å². The average molecular weight is 596 g/mol. The molecule has 1 N–H and O–H groups in total. The SMILES string of the molecule is CCCCOC=C(C)C(=O)OCCCOc1ccc(-c2nc(-c3ccc(C)cc3C)nc(-c3ccc(C)cc3C)n2)c(O)c1. The van der Waals surface area contributed by atoms with Crippen molar-refractivity contribution in [2.24, 2.45) is 0 Å². The van der Waals surface area contributed by atoms with Crippen molar-refractivity contribution in [1.29, 1.82) is 0 Å². The summed E-state index contributed by atoms with van der Waals surface area (Å²) in [6, 6.07) is 17.3. The van der Waals surface area contributed by atoms with Crippen molar-refractivity contribution in [2.45, 2.75) is 60.8 Å². The van der Waals surface area contributed by atoms with Gasteiger partial charge < -0.3 is 19.3 Å². The number of aromatic hydroxyl groups is 1. The van der Waals surface area contributed by atoms with E-state index in [-0.39, 0.29) is 12.4 Å². The van der Waals surface area contributed by atoms with E-state index in [0.29, 0.717) is 54.0 Å². The molecule has 0 aliphatic heterocycles. The normalized spacial score (nSPS) is 11.4. The number of nitrogens with zero attached hydrogens (tertiary/aromatic N) is 3. The number of ether oxygens (including phenoxy) is 3. The molecule has 0 amide bonds. The fourth-order valence-electron chi connectivity index (χ4n) is 4.64. The number of benzene rings is 3. The highest BCUT2D eigenvalue weighted by atomic mass is 16.5. The van der Waals surface area contributed by atoms with Crippen molar-refractivity contribution in [3.8, 4) is 45.7 Å². The van der Waals surface area contributed by atoms with Gasteiger partial charge in [-0.15, -0.1) is 0 Å². The van der Waals surface area contributed by atoms with Crippen LogP contribution in [0.5, 0.6) is 11.5 Å². The number of esters is 1. The maximum absolute atomic E-state index is 12.1. The Kier molecular flexibility index (Phi) is 11.1. The van der Waals surface area contributed by atoms with Crippen LogP contribution in [0.3, 0.4) is 0 Å². The van der Waals surface area contributed by atoms with E-state index in [1.807, 2.05) is 38.1 Å². The van der Waals surface area contributed by atoms with Crippen LogP contribution >= 0.6 is 0 Å². The van der Waals surface area contributed by atoms with Gasteiger partial charge in [-0.05, 0) is 64.3 Å². The highest BCUT2D eigenvalue weighted by molar-refractivity contribution is 5.87. The van der Waals surface area contributed by atoms with E-state index in [2.05, 4.69) is 32.9 Å². The van der Waals surface area contributed by atoms with Gasteiger partial charge in [0.25, 0.3) is 0 Å². The van der Waals surface area contributed by atoms with Crippen LogP contribution in [-0.2, 0) is 14.3 Å². The molecule has 0 radical (unpaired) electrons. The molecule has 1 heterocycles. The number of carbonyl (C=O) groups excluding carboxylic acids is 1. The number of phenolic OH excluding ortho intramolecular Hbond substituents is 1. The molecule has 1 aromatic heterocycles. The molecule has 230 valence electrons. The predicted molar refractivity (Wildman–Crippen MR) is 172 cm³/mol. The van der Waals surface area contributed by atoms with Crippen molar-refractivity contribution in [3.05, 3.63) is 88.7 Å². The molecule has 0 atom stereocenters. The predicted octanol–water partition coefficient (Wildman–Crippen LogP) is 7.84. The Morgan fingerprint density at radius 2 is 1.32 bits per heavy atom. The molecule has 0 saturated heterocycles.